The number of piperidine rings is 1. The molecule has 0 aromatic heterocycles. The summed E-state index contributed by atoms with van der Waals surface area (Å²) in [5, 5.41) is 13.5. The van der Waals surface area contributed by atoms with Crippen molar-refractivity contribution in [2.75, 3.05) is 19.3 Å². The number of nitrogens with zero attached hydrogens (tertiary/aromatic N) is 1. The third-order valence-electron chi connectivity index (χ3n) is 4.47. The van der Waals surface area contributed by atoms with Crippen LogP contribution in [0.1, 0.15) is 39.0 Å². The van der Waals surface area contributed by atoms with E-state index in [0.717, 1.165) is 32.2 Å². The molecular weight excluding hydrogens is 260 g/mol. The zero-order chi connectivity index (χ0) is 13.8. The predicted octanol–water partition coefficient (Wildman–Crippen LogP) is 2.07. The molecule has 2 fully saturated rings. The molecule has 1 aliphatic heterocycles. The van der Waals surface area contributed by atoms with Crippen LogP contribution in [0.15, 0.2) is 0 Å². The van der Waals surface area contributed by atoms with E-state index in [1.807, 2.05) is 23.6 Å². The number of carbonyl (C=O) groups excluding carboxylic acids is 1. The first kappa shape index (κ1) is 15.0. The van der Waals surface area contributed by atoms with E-state index in [9.17, 15) is 9.90 Å². The number of carbonyl (C=O) groups is 1. The molecule has 1 saturated carbocycles. The lowest BCUT2D eigenvalue weighted by molar-refractivity contribution is 0.0733. The summed E-state index contributed by atoms with van der Waals surface area (Å²) in [5.41, 5.74) is 0. The van der Waals surface area contributed by atoms with Gasteiger partial charge in [0.1, 0.15) is 0 Å². The van der Waals surface area contributed by atoms with Crippen LogP contribution < -0.4 is 5.32 Å². The van der Waals surface area contributed by atoms with E-state index in [2.05, 4.69) is 11.6 Å². The van der Waals surface area contributed by atoms with Crippen molar-refractivity contribution >= 4 is 17.8 Å². The monoisotopic (exact) mass is 286 g/mol. The number of hydrogen-bond acceptors (Lipinski definition) is 3. The fourth-order valence-corrected chi connectivity index (χ4v) is 3.94. The molecule has 0 bridgehead atoms. The van der Waals surface area contributed by atoms with Crippen molar-refractivity contribution in [3.05, 3.63) is 0 Å². The maximum absolute atomic E-state index is 12.2. The number of hydrogen-bond donors (Lipinski definition) is 2. The van der Waals surface area contributed by atoms with Gasteiger partial charge in [-0.1, -0.05) is 0 Å². The van der Waals surface area contributed by atoms with E-state index in [1.54, 1.807) is 0 Å². The van der Waals surface area contributed by atoms with E-state index < -0.39 is 0 Å². The molecule has 0 aromatic carbocycles. The number of likely N-dealkylation sites (tertiary alicyclic amines) is 1. The van der Waals surface area contributed by atoms with Gasteiger partial charge in [0.05, 0.1) is 6.10 Å². The maximum Gasteiger partial charge on any atom is 0.317 e. The Morgan fingerprint density at radius 3 is 2.84 bits per heavy atom. The van der Waals surface area contributed by atoms with Crippen molar-refractivity contribution < 1.29 is 9.90 Å². The van der Waals surface area contributed by atoms with Crippen LogP contribution >= 0.6 is 11.8 Å². The molecule has 110 valence electrons. The Morgan fingerprint density at radius 1 is 1.42 bits per heavy atom. The second-order valence-corrected chi connectivity index (χ2v) is 7.04. The second-order valence-electron chi connectivity index (χ2n) is 5.91. The number of aliphatic hydroxyl groups excluding tert-OH is 1. The Balaban J connectivity index is 1.79. The fraction of sp³-hybridized carbons (Fsp3) is 0.929. The topological polar surface area (TPSA) is 52.6 Å². The number of urea groups is 1. The van der Waals surface area contributed by atoms with Gasteiger partial charge in [0, 0.05) is 30.3 Å². The third-order valence-corrected chi connectivity index (χ3v) is 5.57. The average molecular weight is 286 g/mol. The van der Waals surface area contributed by atoms with Gasteiger partial charge in [-0.05, 0) is 45.3 Å². The van der Waals surface area contributed by atoms with Gasteiger partial charge >= 0.3 is 6.03 Å². The largest absolute Gasteiger partial charge is 0.393 e. The normalized spacial score (nSPS) is 33.2. The minimum atomic E-state index is -0.317. The van der Waals surface area contributed by atoms with E-state index in [4.69, 9.17) is 0 Å². The summed E-state index contributed by atoms with van der Waals surface area (Å²) in [6.45, 7) is 3.35. The van der Waals surface area contributed by atoms with Crippen LogP contribution in [-0.4, -0.2) is 52.8 Å². The third kappa shape index (κ3) is 4.02. The average Bonchev–Trinajstić information content (AvgIpc) is 2.86. The van der Waals surface area contributed by atoms with Crippen LogP contribution in [0.3, 0.4) is 0 Å². The molecule has 0 spiro atoms. The SMILES string of the molecule is CSC1CCC(NC(=O)N2CCCC(C(C)O)C2)C1. The highest BCUT2D eigenvalue weighted by Gasteiger charge is 2.30. The molecular formula is C14H26N2O2S. The molecule has 2 amide bonds. The van der Waals surface area contributed by atoms with Gasteiger partial charge in [0.15, 0.2) is 0 Å². The lowest BCUT2D eigenvalue weighted by atomic mass is 9.94. The van der Waals surface area contributed by atoms with Crippen molar-refractivity contribution in [2.24, 2.45) is 5.92 Å². The van der Waals surface area contributed by atoms with Crippen molar-refractivity contribution in [3.8, 4) is 0 Å². The van der Waals surface area contributed by atoms with Crippen LogP contribution in [0.5, 0.6) is 0 Å². The summed E-state index contributed by atoms with van der Waals surface area (Å²) in [6.07, 6.45) is 7.27. The summed E-state index contributed by atoms with van der Waals surface area (Å²) >= 11 is 1.91. The van der Waals surface area contributed by atoms with E-state index in [0.29, 0.717) is 17.8 Å². The smallest absolute Gasteiger partial charge is 0.317 e. The molecule has 4 atom stereocenters. The summed E-state index contributed by atoms with van der Waals surface area (Å²) in [4.78, 5) is 14.1. The van der Waals surface area contributed by atoms with Crippen LogP contribution in [0.4, 0.5) is 4.79 Å². The molecule has 0 radical (unpaired) electrons. The Kier molecular flexibility index (Phi) is 5.39. The Labute approximate surface area is 120 Å². The van der Waals surface area contributed by atoms with E-state index >= 15 is 0 Å². The van der Waals surface area contributed by atoms with Gasteiger partial charge in [-0.25, -0.2) is 4.79 Å². The Morgan fingerprint density at radius 2 is 2.21 bits per heavy atom. The van der Waals surface area contributed by atoms with E-state index in [-0.39, 0.29) is 18.1 Å². The Hall–Kier alpha value is -0.420. The predicted molar refractivity (Wildman–Crippen MR) is 79.5 cm³/mol. The molecule has 1 aliphatic carbocycles. The highest BCUT2D eigenvalue weighted by molar-refractivity contribution is 7.99. The second kappa shape index (κ2) is 6.84. The van der Waals surface area contributed by atoms with Gasteiger partial charge in [0.2, 0.25) is 0 Å². The minimum Gasteiger partial charge on any atom is -0.393 e. The molecule has 2 rings (SSSR count). The number of rotatable bonds is 3. The van der Waals surface area contributed by atoms with Crippen LogP contribution in [0.25, 0.3) is 0 Å². The summed E-state index contributed by atoms with van der Waals surface area (Å²) < 4.78 is 0. The van der Waals surface area contributed by atoms with Crippen LogP contribution in [0, 0.1) is 5.92 Å². The number of nitrogens with one attached hydrogen (secondary N) is 1. The number of aliphatic hydroxyl groups is 1. The molecule has 5 heteroatoms. The molecule has 4 unspecified atom stereocenters. The summed E-state index contributed by atoms with van der Waals surface area (Å²) in [7, 11) is 0. The maximum atomic E-state index is 12.2. The summed E-state index contributed by atoms with van der Waals surface area (Å²) in [5.74, 6) is 0.238. The first-order chi connectivity index (χ1) is 9.10. The van der Waals surface area contributed by atoms with Crippen LogP contribution in [0.2, 0.25) is 0 Å². The lowest BCUT2D eigenvalue weighted by Crippen LogP contribution is -2.49. The van der Waals surface area contributed by atoms with Crippen molar-refractivity contribution in [2.45, 2.75) is 56.4 Å². The van der Waals surface area contributed by atoms with Gasteiger partial charge in [0.25, 0.3) is 0 Å². The highest BCUT2D eigenvalue weighted by atomic mass is 32.2. The number of thioether (sulfide) groups is 1. The molecule has 2 aliphatic rings. The van der Waals surface area contributed by atoms with Gasteiger partial charge in [-0.15, -0.1) is 0 Å². The first-order valence-electron chi connectivity index (χ1n) is 7.36. The van der Waals surface area contributed by atoms with Crippen LogP contribution in [-0.2, 0) is 0 Å². The fourth-order valence-electron chi connectivity index (χ4n) is 3.14. The van der Waals surface area contributed by atoms with Gasteiger partial charge in [-0.3, -0.25) is 0 Å². The van der Waals surface area contributed by atoms with E-state index in [1.165, 1.54) is 6.42 Å². The Bertz CT molecular complexity index is 312. The molecule has 19 heavy (non-hydrogen) atoms. The quantitative estimate of drug-likeness (QED) is 0.835. The highest BCUT2D eigenvalue weighted by Crippen LogP contribution is 2.28. The molecule has 0 aromatic rings. The zero-order valence-corrected chi connectivity index (χ0v) is 12.8. The summed E-state index contributed by atoms with van der Waals surface area (Å²) in [6, 6.07) is 0.411. The van der Waals surface area contributed by atoms with Crippen molar-refractivity contribution in [1.29, 1.82) is 0 Å². The molecule has 2 N–H and O–H groups in total. The zero-order valence-electron chi connectivity index (χ0n) is 12.0. The first-order valence-corrected chi connectivity index (χ1v) is 8.65. The molecule has 1 saturated heterocycles. The van der Waals surface area contributed by atoms with Crippen molar-refractivity contribution in [3.63, 3.8) is 0 Å². The van der Waals surface area contributed by atoms with Crippen molar-refractivity contribution in [1.82, 2.24) is 10.2 Å². The minimum absolute atomic E-state index is 0.0668. The molecule has 1 heterocycles. The molecule has 4 nitrogen and oxygen atoms in total. The lowest BCUT2D eigenvalue weighted by Gasteiger charge is -2.34. The standard InChI is InChI=1S/C14H26N2O2S/c1-10(17)11-4-3-7-16(9-11)14(18)15-12-5-6-13(8-12)19-2/h10-13,17H,3-9H2,1-2H3,(H,15,18). The number of amides is 2. The van der Waals surface area contributed by atoms with Gasteiger partial charge < -0.3 is 15.3 Å². The van der Waals surface area contributed by atoms with Gasteiger partial charge in [-0.2, -0.15) is 11.8 Å².